The van der Waals surface area contributed by atoms with Gasteiger partial charge in [0.05, 0.1) is 16.9 Å². The van der Waals surface area contributed by atoms with E-state index in [2.05, 4.69) is 286 Å². The van der Waals surface area contributed by atoms with E-state index in [1.54, 1.807) is 0 Å². The van der Waals surface area contributed by atoms with Crippen LogP contribution in [0.4, 0.5) is 11.4 Å². The van der Waals surface area contributed by atoms with E-state index in [1.165, 1.54) is 112 Å². The zero-order valence-electron chi connectivity index (χ0n) is 40.6. The van der Waals surface area contributed by atoms with E-state index in [0.29, 0.717) is 0 Å². The molecular formula is C71H53N. The fourth-order valence-corrected chi connectivity index (χ4v) is 13.7. The Labute approximate surface area is 423 Å². The van der Waals surface area contributed by atoms with E-state index in [1.807, 2.05) is 0 Å². The second kappa shape index (κ2) is 16.3. The van der Waals surface area contributed by atoms with E-state index in [0.717, 1.165) is 6.42 Å². The molecule has 0 saturated carbocycles. The monoisotopic (exact) mass is 919 g/mol. The van der Waals surface area contributed by atoms with Gasteiger partial charge in [-0.1, -0.05) is 257 Å². The molecule has 0 bridgehead atoms. The lowest BCUT2D eigenvalue weighted by molar-refractivity contribution is 0.659. The summed E-state index contributed by atoms with van der Waals surface area (Å²) >= 11 is 0. The third-order valence-corrected chi connectivity index (χ3v) is 16.7. The Bertz CT molecular complexity index is 3710. The number of hydrogen-bond acceptors (Lipinski definition) is 1. The summed E-state index contributed by atoms with van der Waals surface area (Å²) in [6.45, 7) is 4.83. The normalized spacial score (nSPS) is 16.8. The average molecular weight is 920 g/mol. The number of fused-ring (bicyclic) bond motifs is 9. The van der Waals surface area contributed by atoms with Crippen molar-refractivity contribution in [2.75, 3.05) is 4.90 Å². The van der Waals surface area contributed by atoms with E-state index in [4.69, 9.17) is 0 Å². The molecule has 1 nitrogen and oxygen atoms in total. The second-order valence-corrected chi connectivity index (χ2v) is 20.6. The highest BCUT2D eigenvalue weighted by molar-refractivity contribution is 5.97. The van der Waals surface area contributed by atoms with Gasteiger partial charge in [-0.15, -0.1) is 0 Å². The lowest BCUT2D eigenvalue weighted by Gasteiger charge is -2.40. The van der Waals surface area contributed by atoms with Gasteiger partial charge in [0.15, 0.2) is 0 Å². The van der Waals surface area contributed by atoms with Crippen LogP contribution in [0.25, 0.3) is 39.0 Å². The minimum Gasteiger partial charge on any atom is -0.334 e. The third-order valence-electron chi connectivity index (χ3n) is 16.7. The molecule has 4 aliphatic rings. The summed E-state index contributed by atoms with van der Waals surface area (Å²) in [6.07, 6.45) is 6.05. The maximum Gasteiger partial charge on any atom is 0.0714 e. The molecule has 0 amide bonds. The molecular weight excluding hydrogens is 867 g/mol. The highest BCUT2D eigenvalue weighted by atomic mass is 15.2. The number of anilines is 2. The van der Waals surface area contributed by atoms with E-state index >= 15 is 0 Å². The van der Waals surface area contributed by atoms with Crippen LogP contribution >= 0.6 is 0 Å². The van der Waals surface area contributed by atoms with Crippen LogP contribution in [-0.2, 0) is 16.2 Å². The Balaban J connectivity index is 1.08. The summed E-state index contributed by atoms with van der Waals surface area (Å²) in [5, 5.41) is 0. The van der Waals surface area contributed by atoms with Crippen molar-refractivity contribution in [3.05, 3.63) is 328 Å². The fourth-order valence-electron chi connectivity index (χ4n) is 13.7. The molecule has 1 unspecified atom stereocenters. The van der Waals surface area contributed by atoms with Crippen LogP contribution in [0.2, 0.25) is 0 Å². The Morgan fingerprint density at radius 1 is 0.361 bits per heavy atom. The first kappa shape index (κ1) is 42.4. The van der Waals surface area contributed by atoms with Crippen LogP contribution in [0.1, 0.15) is 75.9 Å². The van der Waals surface area contributed by atoms with Crippen molar-refractivity contribution in [1.82, 2.24) is 0 Å². The minimum atomic E-state index is -0.555. The van der Waals surface area contributed by atoms with Crippen molar-refractivity contribution in [3.8, 4) is 33.4 Å². The van der Waals surface area contributed by atoms with Crippen LogP contribution in [-0.4, -0.2) is 6.04 Å². The number of benzene rings is 10. The first-order valence-corrected chi connectivity index (χ1v) is 25.6. The molecule has 342 valence electrons. The molecule has 0 fully saturated rings. The Hall–Kier alpha value is -8.52. The van der Waals surface area contributed by atoms with Crippen molar-refractivity contribution in [1.29, 1.82) is 0 Å². The van der Waals surface area contributed by atoms with Crippen molar-refractivity contribution in [2.24, 2.45) is 0 Å². The van der Waals surface area contributed by atoms with Crippen LogP contribution in [0, 0.1) is 0 Å². The molecule has 0 saturated heterocycles. The predicted octanol–water partition coefficient (Wildman–Crippen LogP) is 17.3. The molecule has 0 spiro atoms. The zero-order chi connectivity index (χ0) is 48.0. The highest BCUT2D eigenvalue weighted by Crippen LogP contribution is 2.61. The summed E-state index contributed by atoms with van der Waals surface area (Å²) in [6, 6.07) is 95.8. The molecule has 0 N–H and O–H groups in total. The molecule has 0 radical (unpaired) electrons. The van der Waals surface area contributed by atoms with Crippen molar-refractivity contribution < 1.29 is 0 Å². The average Bonchev–Trinajstić information content (AvgIpc) is 4.00. The van der Waals surface area contributed by atoms with Crippen molar-refractivity contribution in [2.45, 2.75) is 42.6 Å². The van der Waals surface area contributed by atoms with Crippen molar-refractivity contribution >= 4 is 16.9 Å². The molecule has 1 heteroatoms. The lowest BCUT2D eigenvalue weighted by atomic mass is 9.66. The predicted molar refractivity (Wildman–Crippen MR) is 299 cm³/mol. The molecule has 0 heterocycles. The Morgan fingerprint density at radius 2 is 0.819 bits per heavy atom. The third kappa shape index (κ3) is 5.95. The maximum atomic E-state index is 2.73. The van der Waals surface area contributed by atoms with E-state index in [-0.39, 0.29) is 11.5 Å². The lowest BCUT2D eigenvalue weighted by Crippen LogP contribution is -2.35. The van der Waals surface area contributed by atoms with E-state index in [9.17, 15) is 0 Å². The SMILES string of the molecule is CC1(C)c2ccccc2-c2cc(-c3ccccc3)c(N(c3ccc4c(c3)C(c3ccccc3)(c3ccccc3)c3ccccc3-4)C3C=C4C(=CC3)c3ccccc3C4(c3ccccc3)c3ccccc3)cc21. The molecule has 14 rings (SSSR count). The summed E-state index contributed by atoms with van der Waals surface area (Å²) in [7, 11) is 0. The van der Waals surface area contributed by atoms with Crippen molar-refractivity contribution in [3.63, 3.8) is 0 Å². The zero-order valence-corrected chi connectivity index (χ0v) is 40.6. The van der Waals surface area contributed by atoms with Crippen LogP contribution < -0.4 is 4.90 Å². The second-order valence-electron chi connectivity index (χ2n) is 20.6. The molecule has 10 aromatic rings. The van der Waals surface area contributed by atoms with Gasteiger partial charge in [-0.05, 0) is 125 Å². The molecule has 72 heavy (non-hydrogen) atoms. The summed E-state index contributed by atoms with van der Waals surface area (Å²) in [4.78, 5) is 2.73. The highest BCUT2D eigenvalue weighted by Gasteiger charge is 2.51. The maximum absolute atomic E-state index is 2.73. The fraction of sp³-hybridized carbons (Fsp3) is 0.0986. The van der Waals surface area contributed by atoms with Gasteiger partial charge in [-0.2, -0.15) is 0 Å². The first-order chi connectivity index (χ1) is 35.5. The smallest absolute Gasteiger partial charge is 0.0714 e. The van der Waals surface area contributed by atoms with Gasteiger partial charge in [0, 0.05) is 22.4 Å². The van der Waals surface area contributed by atoms with E-state index < -0.39 is 10.8 Å². The summed E-state index contributed by atoms with van der Waals surface area (Å²) in [5.41, 5.74) is 24.5. The number of rotatable bonds is 8. The molecule has 10 aromatic carbocycles. The van der Waals surface area contributed by atoms with Gasteiger partial charge in [0.1, 0.15) is 0 Å². The topological polar surface area (TPSA) is 3.24 Å². The van der Waals surface area contributed by atoms with Crippen LogP contribution in [0.5, 0.6) is 0 Å². The molecule has 0 aliphatic heterocycles. The Morgan fingerprint density at radius 3 is 1.40 bits per heavy atom. The number of nitrogens with zero attached hydrogens (tertiary/aromatic N) is 1. The van der Waals surface area contributed by atoms with Gasteiger partial charge in [-0.3, -0.25) is 0 Å². The Kier molecular flexibility index (Phi) is 9.57. The van der Waals surface area contributed by atoms with Gasteiger partial charge < -0.3 is 4.90 Å². The number of allylic oxidation sites excluding steroid dienone is 2. The molecule has 1 atom stereocenters. The van der Waals surface area contributed by atoms with Gasteiger partial charge >= 0.3 is 0 Å². The quantitative estimate of drug-likeness (QED) is 0.147. The number of hydrogen-bond donors (Lipinski definition) is 0. The summed E-state index contributed by atoms with van der Waals surface area (Å²) in [5.74, 6) is 0. The molecule has 0 aromatic heterocycles. The van der Waals surface area contributed by atoms with Gasteiger partial charge in [-0.25, -0.2) is 0 Å². The largest absolute Gasteiger partial charge is 0.334 e. The summed E-state index contributed by atoms with van der Waals surface area (Å²) < 4.78 is 0. The first-order valence-electron chi connectivity index (χ1n) is 25.6. The molecule has 4 aliphatic carbocycles. The van der Waals surface area contributed by atoms with Gasteiger partial charge in [0.25, 0.3) is 0 Å². The standard InChI is InChI=1S/C71H53N/c1-69(2)62-37-21-18-36-57(62)61-46-60(48-24-8-3-9-25-48)68(47-65(61)69)72(53-40-42-58-55-34-19-22-38-63(55)70(66(58)44-53,49-26-10-4-11-27-49)50-28-12-5-13-29-50)54-41-43-59-56-35-20-23-39-64(56)71(67(59)45-54,51-30-14-6-15-31-51)52-32-16-7-17-33-52/h3-40,42-47,54H,41H2,1-2H3. The van der Waals surface area contributed by atoms with Crippen LogP contribution in [0.15, 0.2) is 273 Å². The minimum absolute atomic E-state index is 0.0676. The van der Waals surface area contributed by atoms with Gasteiger partial charge in [0.2, 0.25) is 0 Å². The van der Waals surface area contributed by atoms with Crippen LogP contribution in [0.3, 0.4) is 0 Å².